The van der Waals surface area contributed by atoms with Crippen LogP contribution in [0.2, 0.25) is 10.0 Å². The predicted molar refractivity (Wildman–Crippen MR) is 99.0 cm³/mol. The van der Waals surface area contributed by atoms with E-state index in [-0.39, 0.29) is 17.7 Å². The highest BCUT2D eigenvalue weighted by Crippen LogP contribution is 2.24. The third-order valence-corrected chi connectivity index (χ3v) is 3.56. The van der Waals surface area contributed by atoms with Crippen LogP contribution in [0, 0.1) is 5.92 Å². The summed E-state index contributed by atoms with van der Waals surface area (Å²) < 4.78 is 0. The van der Waals surface area contributed by atoms with E-state index in [1.165, 1.54) is 6.08 Å². The van der Waals surface area contributed by atoms with Crippen molar-refractivity contribution in [2.24, 2.45) is 5.92 Å². The monoisotopic (exact) mass is 371 g/mol. The molecule has 0 saturated carbocycles. The lowest BCUT2D eigenvalue weighted by molar-refractivity contribution is -0.127. The molecule has 0 saturated heterocycles. The molecule has 3 N–H and O–H groups in total. The van der Waals surface area contributed by atoms with Crippen molar-refractivity contribution in [3.05, 3.63) is 39.9 Å². The van der Waals surface area contributed by atoms with Gasteiger partial charge in [-0.05, 0) is 44.4 Å². The number of anilines is 1. The van der Waals surface area contributed by atoms with Crippen LogP contribution in [0.4, 0.5) is 5.69 Å². The van der Waals surface area contributed by atoms with Crippen molar-refractivity contribution >= 4 is 40.7 Å². The summed E-state index contributed by atoms with van der Waals surface area (Å²) in [6.07, 6.45) is 1.98. The Balaban J connectivity index is 2.73. The minimum Gasteiger partial charge on any atom is -0.341 e. The Morgan fingerprint density at radius 3 is 2.42 bits per heavy atom. The molecular weight excluding hydrogens is 349 g/mol. The van der Waals surface area contributed by atoms with Gasteiger partial charge in [0, 0.05) is 11.1 Å². The van der Waals surface area contributed by atoms with Crippen molar-refractivity contribution in [1.82, 2.24) is 10.7 Å². The number of hydrazine groups is 1. The molecule has 0 bridgehead atoms. The van der Waals surface area contributed by atoms with E-state index in [4.69, 9.17) is 23.2 Å². The summed E-state index contributed by atoms with van der Waals surface area (Å²) in [6.45, 7) is 7.61. The van der Waals surface area contributed by atoms with Gasteiger partial charge in [0.15, 0.2) is 0 Å². The van der Waals surface area contributed by atoms with Crippen LogP contribution in [0.15, 0.2) is 29.8 Å². The molecule has 24 heavy (non-hydrogen) atoms. The van der Waals surface area contributed by atoms with Crippen LogP contribution < -0.4 is 16.2 Å². The lowest BCUT2D eigenvalue weighted by atomic mass is 10.0. The summed E-state index contributed by atoms with van der Waals surface area (Å²) in [7, 11) is 0. The van der Waals surface area contributed by atoms with Gasteiger partial charge in [0.25, 0.3) is 5.91 Å². The van der Waals surface area contributed by atoms with Gasteiger partial charge in [-0.2, -0.15) is 0 Å². The molecule has 0 spiro atoms. The molecule has 0 aliphatic heterocycles. The molecule has 0 aliphatic carbocycles. The number of halogens is 2. The number of allylic oxidation sites excluding steroid dienone is 1. The number of hydrogen-bond acceptors (Lipinski definition) is 3. The quantitative estimate of drug-likeness (QED) is 0.502. The first-order valence-corrected chi connectivity index (χ1v) is 8.41. The minimum atomic E-state index is -0.647. The number of rotatable bonds is 7. The summed E-state index contributed by atoms with van der Waals surface area (Å²) in [5.41, 5.74) is 6.71. The topological polar surface area (TPSA) is 70.2 Å². The minimum absolute atomic E-state index is 0.242. The molecular formula is C17H23Cl2N3O2. The maximum Gasteiger partial charge on any atom is 0.260 e. The van der Waals surface area contributed by atoms with Crippen molar-refractivity contribution in [2.45, 2.75) is 40.2 Å². The second kappa shape index (κ2) is 9.55. The molecule has 1 rings (SSSR count). The van der Waals surface area contributed by atoms with Gasteiger partial charge in [0.05, 0.1) is 10.7 Å². The number of nitrogens with one attached hydrogen (secondary N) is 3. The van der Waals surface area contributed by atoms with Crippen LogP contribution in [-0.4, -0.2) is 17.9 Å². The summed E-state index contributed by atoms with van der Waals surface area (Å²) in [6, 6.07) is 4.24. The van der Waals surface area contributed by atoms with Gasteiger partial charge in [-0.1, -0.05) is 42.6 Å². The molecule has 7 heteroatoms. The lowest BCUT2D eigenvalue weighted by Gasteiger charge is -2.20. The van der Waals surface area contributed by atoms with Crippen LogP contribution >= 0.6 is 23.2 Å². The fraction of sp³-hybridized carbons (Fsp3) is 0.412. The van der Waals surface area contributed by atoms with E-state index in [1.54, 1.807) is 18.2 Å². The third kappa shape index (κ3) is 7.23. The summed E-state index contributed by atoms with van der Waals surface area (Å²) in [4.78, 5) is 24.3. The summed E-state index contributed by atoms with van der Waals surface area (Å²) in [5.74, 6) is -0.391. The van der Waals surface area contributed by atoms with Gasteiger partial charge in [-0.15, -0.1) is 0 Å². The van der Waals surface area contributed by atoms with Crippen molar-refractivity contribution in [3.8, 4) is 0 Å². The first kappa shape index (κ1) is 20.3. The Morgan fingerprint density at radius 2 is 1.88 bits per heavy atom. The zero-order chi connectivity index (χ0) is 18.3. The molecule has 2 amide bonds. The highest BCUT2D eigenvalue weighted by molar-refractivity contribution is 6.36. The fourth-order valence-electron chi connectivity index (χ4n) is 1.99. The van der Waals surface area contributed by atoms with Gasteiger partial charge >= 0.3 is 0 Å². The highest BCUT2D eigenvalue weighted by Gasteiger charge is 2.21. The van der Waals surface area contributed by atoms with E-state index in [2.05, 4.69) is 16.2 Å². The van der Waals surface area contributed by atoms with Gasteiger partial charge in [-0.25, -0.2) is 0 Å². The number of carbonyl (C=O) groups excluding carboxylic acids is 2. The Hall–Kier alpha value is -1.72. The average Bonchev–Trinajstić information content (AvgIpc) is 2.44. The van der Waals surface area contributed by atoms with Crippen LogP contribution in [-0.2, 0) is 9.59 Å². The van der Waals surface area contributed by atoms with Gasteiger partial charge in [-0.3, -0.25) is 20.4 Å². The number of hydrogen-bond donors (Lipinski definition) is 3. The molecule has 1 unspecified atom stereocenters. The summed E-state index contributed by atoms with van der Waals surface area (Å²) in [5, 5.41) is 3.61. The Bertz CT molecular complexity index is 626. The maximum atomic E-state index is 12.4. The smallest absolute Gasteiger partial charge is 0.260 e. The standard InChI is InChI=1S/C17H23Cl2N3O2/c1-10(2)7-15(20-16(23)8-11(3)4)17(24)22-21-14-6-5-12(18)9-13(14)19/h5-6,8-10,15,21H,7H2,1-4H3,(H,20,23)(H,22,24). The number of carbonyl (C=O) groups is 2. The Labute approximate surface area is 152 Å². The molecule has 0 heterocycles. The molecule has 132 valence electrons. The van der Waals surface area contributed by atoms with Gasteiger partial charge < -0.3 is 5.32 Å². The molecule has 1 aromatic carbocycles. The van der Waals surface area contributed by atoms with Crippen LogP contribution in [0.5, 0.6) is 0 Å². The molecule has 5 nitrogen and oxygen atoms in total. The second-order valence-corrected chi connectivity index (χ2v) is 6.99. The molecule has 0 fully saturated rings. The molecule has 1 atom stereocenters. The van der Waals surface area contributed by atoms with E-state index in [1.807, 2.05) is 27.7 Å². The lowest BCUT2D eigenvalue weighted by Crippen LogP contribution is -2.48. The Kier molecular flexibility index (Phi) is 8.08. The van der Waals surface area contributed by atoms with Crippen LogP contribution in [0.1, 0.15) is 34.1 Å². The van der Waals surface area contributed by atoms with Crippen LogP contribution in [0.25, 0.3) is 0 Å². The Morgan fingerprint density at radius 1 is 1.21 bits per heavy atom. The number of amides is 2. The molecule has 1 aromatic rings. The summed E-state index contributed by atoms with van der Waals surface area (Å²) >= 11 is 11.9. The number of benzene rings is 1. The van der Waals surface area contributed by atoms with E-state index >= 15 is 0 Å². The SMILES string of the molecule is CC(C)=CC(=O)NC(CC(C)C)C(=O)NNc1ccc(Cl)cc1Cl. The normalized spacial score (nSPS) is 11.6. The second-order valence-electron chi connectivity index (χ2n) is 6.15. The molecule has 0 radical (unpaired) electrons. The zero-order valence-electron chi connectivity index (χ0n) is 14.2. The maximum absolute atomic E-state index is 12.4. The fourth-order valence-corrected chi connectivity index (χ4v) is 2.44. The first-order valence-electron chi connectivity index (χ1n) is 7.65. The van der Waals surface area contributed by atoms with Crippen molar-refractivity contribution < 1.29 is 9.59 Å². The average molecular weight is 372 g/mol. The van der Waals surface area contributed by atoms with Crippen molar-refractivity contribution in [3.63, 3.8) is 0 Å². The first-order chi connectivity index (χ1) is 11.2. The molecule has 0 aromatic heterocycles. The van der Waals surface area contributed by atoms with Crippen molar-refractivity contribution in [2.75, 3.05) is 5.43 Å². The van der Waals surface area contributed by atoms with E-state index in [9.17, 15) is 9.59 Å². The van der Waals surface area contributed by atoms with E-state index < -0.39 is 6.04 Å². The molecule has 0 aliphatic rings. The highest BCUT2D eigenvalue weighted by atomic mass is 35.5. The zero-order valence-corrected chi connectivity index (χ0v) is 15.8. The van der Waals surface area contributed by atoms with E-state index in [0.717, 1.165) is 5.57 Å². The van der Waals surface area contributed by atoms with E-state index in [0.29, 0.717) is 22.2 Å². The van der Waals surface area contributed by atoms with Crippen molar-refractivity contribution in [1.29, 1.82) is 0 Å². The third-order valence-electron chi connectivity index (χ3n) is 3.01. The van der Waals surface area contributed by atoms with Gasteiger partial charge in [0.2, 0.25) is 5.91 Å². The van der Waals surface area contributed by atoms with Gasteiger partial charge in [0.1, 0.15) is 6.04 Å². The van der Waals surface area contributed by atoms with Crippen LogP contribution in [0.3, 0.4) is 0 Å². The predicted octanol–water partition coefficient (Wildman–Crippen LogP) is 3.93. The largest absolute Gasteiger partial charge is 0.341 e.